The molecule has 0 bridgehead atoms. The van der Waals surface area contributed by atoms with Crippen molar-refractivity contribution in [3.63, 3.8) is 0 Å². The fourth-order valence-corrected chi connectivity index (χ4v) is 1.19. The number of aromatic nitrogens is 1. The normalized spacial score (nSPS) is 16.4. The zero-order chi connectivity index (χ0) is 10.7. The van der Waals surface area contributed by atoms with Gasteiger partial charge in [-0.05, 0) is 24.8 Å². The molecule has 5 heteroatoms. The van der Waals surface area contributed by atoms with E-state index in [0.29, 0.717) is 17.4 Å². The maximum Gasteiger partial charge on any atom is 0.188 e. The molecule has 1 heterocycles. The van der Waals surface area contributed by atoms with Crippen molar-refractivity contribution in [1.29, 1.82) is 0 Å². The van der Waals surface area contributed by atoms with E-state index in [9.17, 15) is 0 Å². The van der Waals surface area contributed by atoms with Crippen LogP contribution in [0.25, 0.3) is 0 Å². The van der Waals surface area contributed by atoms with Crippen molar-refractivity contribution < 1.29 is 9.94 Å². The fraction of sp³-hybridized carbons (Fsp3) is 0.400. The van der Waals surface area contributed by atoms with Crippen LogP contribution < -0.4 is 10.5 Å². The summed E-state index contributed by atoms with van der Waals surface area (Å²) in [4.78, 5) is 3.96. The quantitative estimate of drug-likeness (QED) is 0.333. The number of rotatable bonds is 4. The lowest BCUT2D eigenvalue weighted by atomic mass is 10.3. The minimum absolute atomic E-state index is 0.00753. The average Bonchev–Trinajstić information content (AvgIpc) is 3.09. The third kappa shape index (κ3) is 2.59. The predicted molar refractivity (Wildman–Crippen MR) is 55.0 cm³/mol. The molecule has 0 saturated heterocycles. The Morgan fingerprint density at radius 1 is 1.67 bits per heavy atom. The second-order valence-electron chi connectivity index (χ2n) is 3.62. The monoisotopic (exact) mass is 207 g/mol. The first-order chi connectivity index (χ1) is 7.29. The molecule has 1 aromatic heterocycles. The van der Waals surface area contributed by atoms with Crippen LogP contribution in [0, 0.1) is 5.92 Å². The molecule has 1 aromatic rings. The first kappa shape index (κ1) is 9.76. The van der Waals surface area contributed by atoms with Gasteiger partial charge in [0.2, 0.25) is 0 Å². The van der Waals surface area contributed by atoms with E-state index in [1.807, 2.05) is 0 Å². The van der Waals surface area contributed by atoms with Crippen molar-refractivity contribution in [2.45, 2.75) is 12.8 Å². The lowest BCUT2D eigenvalue weighted by Crippen LogP contribution is -2.15. The molecular formula is C10H13N3O2. The fourth-order valence-electron chi connectivity index (χ4n) is 1.19. The van der Waals surface area contributed by atoms with E-state index >= 15 is 0 Å². The van der Waals surface area contributed by atoms with Crippen LogP contribution in [0.1, 0.15) is 18.5 Å². The van der Waals surface area contributed by atoms with Crippen molar-refractivity contribution in [1.82, 2.24) is 4.98 Å². The van der Waals surface area contributed by atoms with Crippen molar-refractivity contribution in [3.05, 3.63) is 24.0 Å². The minimum Gasteiger partial charge on any atom is -0.493 e. The number of ether oxygens (including phenoxy) is 1. The molecule has 15 heavy (non-hydrogen) atoms. The molecule has 0 atom stereocenters. The number of nitrogens with zero attached hydrogens (tertiary/aromatic N) is 2. The Morgan fingerprint density at radius 2 is 2.47 bits per heavy atom. The molecule has 80 valence electrons. The van der Waals surface area contributed by atoms with Gasteiger partial charge in [0.1, 0.15) is 11.4 Å². The molecule has 3 N–H and O–H groups in total. The Bertz CT molecular complexity index is 375. The second-order valence-corrected chi connectivity index (χ2v) is 3.62. The highest BCUT2D eigenvalue weighted by Gasteiger charge is 2.21. The van der Waals surface area contributed by atoms with Crippen molar-refractivity contribution >= 4 is 5.84 Å². The van der Waals surface area contributed by atoms with E-state index in [-0.39, 0.29) is 5.84 Å². The van der Waals surface area contributed by atoms with Crippen LogP contribution in [-0.4, -0.2) is 22.6 Å². The van der Waals surface area contributed by atoms with Gasteiger partial charge < -0.3 is 15.7 Å². The molecule has 1 fully saturated rings. The van der Waals surface area contributed by atoms with Crippen LogP contribution in [0.4, 0.5) is 0 Å². The molecule has 0 unspecified atom stereocenters. The summed E-state index contributed by atoms with van der Waals surface area (Å²) in [5, 5.41) is 11.4. The highest BCUT2D eigenvalue weighted by atomic mass is 16.5. The molecule has 1 aliphatic carbocycles. The van der Waals surface area contributed by atoms with Gasteiger partial charge in [-0.15, -0.1) is 0 Å². The zero-order valence-corrected chi connectivity index (χ0v) is 8.26. The molecular weight excluding hydrogens is 194 g/mol. The lowest BCUT2D eigenvalue weighted by Gasteiger charge is -2.05. The average molecular weight is 207 g/mol. The van der Waals surface area contributed by atoms with Crippen molar-refractivity contribution in [2.75, 3.05) is 6.61 Å². The van der Waals surface area contributed by atoms with Gasteiger partial charge in [-0.2, -0.15) is 0 Å². The summed E-state index contributed by atoms with van der Waals surface area (Å²) >= 11 is 0. The van der Waals surface area contributed by atoms with Crippen molar-refractivity contribution in [2.24, 2.45) is 16.8 Å². The first-order valence-corrected chi connectivity index (χ1v) is 4.86. The Kier molecular flexibility index (Phi) is 2.71. The van der Waals surface area contributed by atoms with Gasteiger partial charge in [0, 0.05) is 12.3 Å². The Hall–Kier alpha value is -1.78. The van der Waals surface area contributed by atoms with Crippen LogP contribution in [0.2, 0.25) is 0 Å². The highest BCUT2D eigenvalue weighted by molar-refractivity contribution is 5.95. The van der Waals surface area contributed by atoms with Crippen molar-refractivity contribution in [3.8, 4) is 5.75 Å². The Labute approximate surface area is 87.6 Å². The van der Waals surface area contributed by atoms with Gasteiger partial charge in [0.05, 0.1) is 6.61 Å². The highest BCUT2D eigenvalue weighted by Crippen LogP contribution is 2.29. The van der Waals surface area contributed by atoms with Crippen LogP contribution >= 0.6 is 0 Å². The lowest BCUT2D eigenvalue weighted by molar-refractivity contribution is 0.299. The summed E-state index contributed by atoms with van der Waals surface area (Å²) in [6, 6.07) is 3.42. The molecule has 0 aromatic carbocycles. The van der Waals surface area contributed by atoms with Crippen LogP contribution in [-0.2, 0) is 0 Å². The molecule has 1 aliphatic rings. The van der Waals surface area contributed by atoms with E-state index in [4.69, 9.17) is 15.7 Å². The molecule has 1 saturated carbocycles. The third-order valence-corrected chi connectivity index (χ3v) is 2.28. The summed E-state index contributed by atoms with van der Waals surface area (Å²) in [6.07, 6.45) is 4.08. The number of hydrogen-bond donors (Lipinski definition) is 2. The molecule has 0 radical (unpaired) electrons. The summed E-state index contributed by atoms with van der Waals surface area (Å²) in [5.41, 5.74) is 5.84. The zero-order valence-electron chi connectivity index (χ0n) is 8.26. The summed E-state index contributed by atoms with van der Waals surface area (Å²) in [5.74, 6) is 1.40. The summed E-state index contributed by atoms with van der Waals surface area (Å²) < 4.78 is 5.53. The standard InChI is InChI=1S/C10H13N3O2/c11-10(13-14)9-5-8(3-4-12-9)15-6-7-1-2-7/h3-5,7,14H,1-2,6H2,(H2,11,13). The van der Waals surface area contributed by atoms with Gasteiger partial charge in [-0.3, -0.25) is 4.98 Å². The number of amidine groups is 1. The largest absolute Gasteiger partial charge is 0.493 e. The van der Waals surface area contributed by atoms with Crippen LogP contribution in [0.3, 0.4) is 0 Å². The molecule has 0 aliphatic heterocycles. The predicted octanol–water partition coefficient (Wildman–Crippen LogP) is 0.965. The third-order valence-electron chi connectivity index (χ3n) is 2.28. The van der Waals surface area contributed by atoms with Crippen LogP contribution in [0.5, 0.6) is 5.75 Å². The topological polar surface area (TPSA) is 80.7 Å². The van der Waals surface area contributed by atoms with E-state index < -0.39 is 0 Å². The van der Waals surface area contributed by atoms with Gasteiger partial charge >= 0.3 is 0 Å². The van der Waals surface area contributed by atoms with Gasteiger partial charge in [-0.1, -0.05) is 5.16 Å². The molecule has 0 spiro atoms. The number of pyridine rings is 1. The first-order valence-electron chi connectivity index (χ1n) is 4.86. The minimum atomic E-state index is -0.00753. The maximum absolute atomic E-state index is 8.49. The van der Waals surface area contributed by atoms with Gasteiger partial charge in [0.25, 0.3) is 0 Å². The molecule has 2 rings (SSSR count). The maximum atomic E-state index is 8.49. The Balaban J connectivity index is 2.03. The van der Waals surface area contributed by atoms with E-state index in [1.165, 1.54) is 12.8 Å². The summed E-state index contributed by atoms with van der Waals surface area (Å²) in [7, 11) is 0. The smallest absolute Gasteiger partial charge is 0.188 e. The number of oxime groups is 1. The second kappa shape index (κ2) is 4.16. The molecule has 0 amide bonds. The van der Waals surface area contributed by atoms with E-state index in [1.54, 1.807) is 18.3 Å². The SMILES string of the molecule is NC(=NO)c1cc(OCC2CC2)ccn1. The summed E-state index contributed by atoms with van der Waals surface area (Å²) in [6.45, 7) is 0.736. The molecule has 5 nitrogen and oxygen atoms in total. The van der Waals surface area contributed by atoms with Gasteiger partial charge in [-0.25, -0.2) is 0 Å². The number of hydrogen-bond acceptors (Lipinski definition) is 4. The number of nitrogens with two attached hydrogens (primary N) is 1. The Morgan fingerprint density at radius 3 is 3.13 bits per heavy atom. The van der Waals surface area contributed by atoms with Crippen LogP contribution in [0.15, 0.2) is 23.5 Å². The van der Waals surface area contributed by atoms with E-state index in [0.717, 1.165) is 6.61 Å². The van der Waals surface area contributed by atoms with Gasteiger partial charge in [0.15, 0.2) is 5.84 Å². The van der Waals surface area contributed by atoms with E-state index in [2.05, 4.69) is 10.1 Å².